The van der Waals surface area contributed by atoms with E-state index in [0.717, 1.165) is 51.4 Å². The van der Waals surface area contributed by atoms with Crippen molar-refractivity contribution in [1.82, 2.24) is 25.4 Å². The predicted molar refractivity (Wildman–Crippen MR) is 134 cm³/mol. The number of hydrogen-bond donors (Lipinski definition) is 2. The number of aromatic amines is 1. The summed E-state index contributed by atoms with van der Waals surface area (Å²) in [5.74, 6) is 1.64. The van der Waals surface area contributed by atoms with Gasteiger partial charge in [0.15, 0.2) is 5.82 Å². The van der Waals surface area contributed by atoms with E-state index in [1.807, 2.05) is 16.7 Å². The highest BCUT2D eigenvalue weighted by Gasteiger charge is 2.51. The number of nitrogens with zero attached hydrogens (tertiary/aromatic N) is 3. The second kappa shape index (κ2) is 10.6. The van der Waals surface area contributed by atoms with E-state index in [0.29, 0.717) is 27.9 Å². The van der Waals surface area contributed by atoms with Crippen molar-refractivity contribution in [2.45, 2.75) is 62.7 Å². The first-order valence-electron chi connectivity index (χ1n) is 12.2. The van der Waals surface area contributed by atoms with Crippen LogP contribution >= 0.6 is 11.8 Å². The molecular weight excluding hydrogens is 469 g/mol. The molecule has 1 saturated carbocycles. The van der Waals surface area contributed by atoms with Crippen LogP contribution in [0.2, 0.25) is 0 Å². The Hall–Kier alpha value is -2.62. The molecule has 1 atom stereocenters. The van der Waals surface area contributed by atoms with E-state index in [9.17, 15) is 14.0 Å². The first kappa shape index (κ1) is 25.5. The summed E-state index contributed by atoms with van der Waals surface area (Å²) in [7, 11) is 1.47. The molecule has 1 aliphatic carbocycles. The first-order chi connectivity index (χ1) is 16.8. The van der Waals surface area contributed by atoms with E-state index < -0.39 is 5.82 Å². The number of piperidine rings is 1. The zero-order valence-corrected chi connectivity index (χ0v) is 21.4. The SMILES string of the molecule is CC1(C)SCCC1CNC=O.COc1cc(-c2cc(C(=O)N3CCCCC34CC4)[nH]n2)c(F)cn1. The molecule has 2 aromatic rings. The number of ether oxygens (including phenoxy) is 1. The number of halogens is 1. The smallest absolute Gasteiger partial charge is 0.272 e. The molecule has 1 unspecified atom stereocenters. The van der Waals surface area contributed by atoms with Crippen LogP contribution in [0.3, 0.4) is 0 Å². The van der Waals surface area contributed by atoms with Gasteiger partial charge in [-0.3, -0.25) is 14.7 Å². The van der Waals surface area contributed by atoms with Gasteiger partial charge in [0.25, 0.3) is 5.91 Å². The molecule has 2 aromatic heterocycles. The zero-order chi connectivity index (χ0) is 25.1. The van der Waals surface area contributed by atoms with E-state index >= 15 is 0 Å². The highest BCUT2D eigenvalue weighted by atomic mass is 32.2. The van der Waals surface area contributed by atoms with Gasteiger partial charge in [-0.1, -0.05) is 13.8 Å². The summed E-state index contributed by atoms with van der Waals surface area (Å²) in [6.07, 6.45) is 8.57. The number of carbonyl (C=O) groups is 2. The molecule has 8 nitrogen and oxygen atoms in total. The molecule has 0 radical (unpaired) electrons. The van der Waals surface area contributed by atoms with Crippen molar-refractivity contribution in [2.24, 2.45) is 5.92 Å². The fourth-order valence-electron chi connectivity index (χ4n) is 4.99. The molecule has 0 bridgehead atoms. The van der Waals surface area contributed by atoms with Crippen molar-refractivity contribution in [1.29, 1.82) is 0 Å². The number of methoxy groups -OCH3 is 1. The molecular formula is C25H34FN5O3S. The molecule has 35 heavy (non-hydrogen) atoms. The van der Waals surface area contributed by atoms with Gasteiger partial charge in [0, 0.05) is 35.0 Å². The normalized spacial score (nSPS) is 21.7. The molecule has 3 aliphatic rings. The molecule has 2 saturated heterocycles. The Balaban J connectivity index is 0.000000221. The summed E-state index contributed by atoms with van der Waals surface area (Å²) in [5.41, 5.74) is 1.09. The van der Waals surface area contributed by atoms with Crippen LogP contribution in [-0.4, -0.2) is 68.6 Å². The number of carbonyl (C=O) groups excluding carboxylic acids is 2. The molecule has 4 heterocycles. The largest absolute Gasteiger partial charge is 0.481 e. The Morgan fingerprint density at radius 2 is 2.14 bits per heavy atom. The van der Waals surface area contributed by atoms with Gasteiger partial charge in [-0.25, -0.2) is 9.37 Å². The third-order valence-corrected chi connectivity index (χ3v) is 8.93. The average Bonchev–Trinajstić information content (AvgIpc) is 3.28. The predicted octanol–water partition coefficient (Wildman–Crippen LogP) is 4.04. The van der Waals surface area contributed by atoms with Gasteiger partial charge in [0.05, 0.1) is 19.0 Å². The van der Waals surface area contributed by atoms with Gasteiger partial charge in [0.2, 0.25) is 12.3 Å². The first-order valence-corrected chi connectivity index (χ1v) is 13.2. The minimum Gasteiger partial charge on any atom is -0.481 e. The van der Waals surface area contributed by atoms with Gasteiger partial charge >= 0.3 is 0 Å². The van der Waals surface area contributed by atoms with Crippen LogP contribution in [0.15, 0.2) is 18.3 Å². The van der Waals surface area contributed by atoms with Crippen molar-refractivity contribution in [3.05, 3.63) is 29.8 Å². The molecule has 3 fully saturated rings. The van der Waals surface area contributed by atoms with Crippen LogP contribution in [0.5, 0.6) is 5.88 Å². The number of pyridine rings is 1. The van der Waals surface area contributed by atoms with Crippen molar-refractivity contribution in [3.8, 4) is 17.1 Å². The average molecular weight is 504 g/mol. The van der Waals surface area contributed by atoms with Crippen LogP contribution in [0.4, 0.5) is 4.39 Å². The van der Waals surface area contributed by atoms with Gasteiger partial charge < -0.3 is 15.0 Å². The van der Waals surface area contributed by atoms with Crippen LogP contribution in [0.25, 0.3) is 11.3 Å². The lowest BCUT2D eigenvalue weighted by molar-refractivity contribution is -0.109. The van der Waals surface area contributed by atoms with Crippen molar-refractivity contribution < 1.29 is 18.7 Å². The van der Waals surface area contributed by atoms with E-state index in [2.05, 4.69) is 34.3 Å². The Bertz CT molecular complexity index is 1060. The van der Waals surface area contributed by atoms with Crippen molar-refractivity contribution in [2.75, 3.05) is 26.0 Å². The van der Waals surface area contributed by atoms with Crippen LogP contribution in [0.1, 0.15) is 62.9 Å². The molecule has 2 amide bonds. The zero-order valence-electron chi connectivity index (χ0n) is 20.6. The second-order valence-corrected chi connectivity index (χ2v) is 11.7. The summed E-state index contributed by atoms with van der Waals surface area (Å²) >= 11 is 2.00. The third kappa shape index (κ3) is 5.63. The molecule has 2 N–H and O–H groups in total. The van der Waals surface area contributed by atoms with Crippen LogP contribution < -0.4 is 10.1 Å². The standard InChI is InChI=1S/C17H19FN4O2.C8H15NOS/c1-24-15-8-11(12(18)10-19-15)13-9-14(21-20-13)16(23)22-7-3-2-4-17(22)5-6-17;1-8(2)7(3-4-11-8)5-9-6-10/h8-10H,2-7H2,1H3,(H,20,21);6-7H,3-5H2,1-2H3,(H,9,10). The Labute approximate surface area is 209 Å². The van der Waals surface area contributed by atoms with Gasteiger partial charge in [-0.2, -0.15) is 16.9 Å². The Kier molecular flexibility index (Phi) is 7.68. The van der Waals surface area contributed by atoms with Gasteiger partial charge in [-0.15, -0.1) is 0 Å². The maximum absolute atomic E-state index is 14.0. The maximum Gasteiger partial charge on any atom is 0.272 e. The summed E-state index contributed by atoms with van der Waals surface area (Å²) in [6, 6.07) is 3.08. The number of hydrogen-bond acceptors (Lipinski definition) is 6. The number of amides is 2. The summed E-state index contributed by atoms with van der Waals surface area (Å²) in [5, 5.41) is 9.63. The molecule has 190 valence electrons. The lowest BCUT2D eigenvalue weighted by atomic mass is 9.93. The topological polar surface area (TPSA) is 100 Å². The number of H-pyrrole nitrogens is 1. The van der Waals surface area contributed by atoms with E-state index in [4.69, 9.17) is 4.74 Å². The van der Waals surface area contributed by atoms with E-state index in [1.165, 1.54) is 31.8 Å². The van der Waals surface area contributed by atoms with E-state index in [1.54, 1.807) is 6.07 Å². The Morgan fingerprint density at radius 1 is 1.34 bits per heavy atom. The minimum absolute atomic E-state index is 0.0487. The van der Waals surface area contributed by atoms with Gasteiger partial charge in [0.1, 0.15) is 5.69 Å². The molecule has 0 aromatic carbocycles. The maximum atomic E-state index is 14.0. The van der Waals surface area contributed by atoms with Crippen molar-refractivity contribution >= 4 is 24.1 Å². The highest BCUT2D eigenvalue weighted by molar-refractivity contribution is 8.00. The number of likely N-dealkylation sites (tertiary alicyclic amines) is 1. The van der Waals surface area contributed by atoms with E-state index in [-0.39, 0.29) is 17.0 Å². The minimum atomic E-state index is -0.502. The quantitative estimate of drug-likeness (QED) is 0.577. The summed E-state index contributed by atoms with van der Waals surface area (Å²) in [4.78, 5) is 28.7. The lowest BCUT2D eigenvalue weighted by Crippen LogP contribution is -2.45. The number of rotatable bonds is 6. The number of nitrogens with one attached hydrogen (secondary N) is 2. The fraction of sp³-hybridized carbons (Fsp3) is 0.600. The van der Waals surface area contributed by atoms with Crippen molar-refractivity contribution in [3.63, 3.8) is 0 Å². The monoisotopic (exact) mass is 503 g/mol. The lowest BCUT2D eigenvalue weighted by Gasteiger charge is -2.35. The molecule has 5 rings (SSSR count). The summed E-state index contributed by atoms with van der Waals surface area (Å²) < 4.78 is 19.4. The van der Waals surface area contributed by atoms with Crippen LogP contribution in [-0.2, 0) is 4.79 Å². The Morgan fingerprint density at radius 3 is 2.80 bits per heavy atom. The van der Waals surface area contributed by atoms with Gasteiger partial charge in [-0.05, 0) is 56.3 Å². The molecule has 10 heteroatoms. The third-order valence-electron chi connectivity index (χ3n) is 7.41. The van der Waals surface area contributed by atoms with Crippen LogP contribution in [0, 0.1) is 11.7 Å². The number of thioether (sulfide) groups is 1. The number of aromatic nitrogens is 3. The highest BCUT2D eigenvalue weighted by Crippen LogP contribution is 2.48. The molecule has 2 aliphatic heterocycles. The second-order valence-electron chi connectivity index (χ2n) is 9.98. The fourth-order valence-corrected chi connectivity index (χ4v) is 6.35. The molecule has 1 spiro atoms. The summed E-state index contributed by atoms with van der Waals surface area (Å²) in [6.45, 7) is 6.12.